The van der Waals surface area contributed by atoms with Crippen LogP contribution >= 0.6 is 0 Å². The molecule has 3 fully saturated rings. The van der Waals surface area contributed by atoms with Crippen molar-refractivity contribution in [3.8, 4) is 0 Å². The van der Waals surface area contributed by atoms with Gasteiger partial charge in [0.05, 0.1) is 0 Å². The summed E-state index contributed by atoms with van der Waals surface area (Å²) in [6, 6.07) is 0.889. The first-order valence-corrected chi connectivity index (χ1v) is 10.8. The van der Waals surface area contributed by atoms with Crippen LogP contribution in [0.1, 0.15) is 96.8 Å². The fourth-order valence-corrected chi connectivity index (χ4v) is 6.73. The van der Waals surface area contributed by atoms with E-state index in [1.807, 2.05) is 0 Å². The van der Waals surface area contributed by atoms with Gasteiger partial charge in [0.15, 0.2) is 0 Å². The van der Waals surface area contributed by atoms with Crippen LogP contribution < -0.4 is 17.2 Å². The van der Waals surface area contributed by atoms with E-state index in [4.69, 9.17) is 17.2 Å². The van der Waals surface area contributed by atoms with Crippen molar-refractivity contribution in [1.82, 2.24) is 0 Å². The van der Waals surface area contributed by atoms with Crippen LogP contribution in [0.3, 0.4) is 0 Å². The van der Waals surface area contributed by atoms with E-state index in [-0.39, 0.29) is 5.54 Å². The van der Waals surface area contributed by atoms with Crippen molar-refractivity contribution in [1.29, 1.82) is 0 Å². The summed E-state index contributed by atoms with van der Waals surface area (Å²) in [5.41, 5.74) is 20.0. The molecule has 0 heterocycles. The quantitative estimate of drug-likeness (QED) is 0.724. The molecule has 3 aliphatic carbocycles. The normalized spacial score (nSPS) is 47.5. The summed E-state index contributed by atoms with van der Waals surface area (Å²) in [6.07, 6.45) is 17.9. The van der Waals surface area contributed by atoms with Crippen molar-refractivity contribution in [2.75, 3.05) is 0 Å². The molecule has 0 radical (unpaired) electrons. The zero-order valence-corrected chi connectivity index (χ0v) is 15.9. The van der Waals surface area contributed by atoms with Gasteiger partial charge in [-0.1, -0.05) is 19.8 Å². The summed E-state index contributed by atoms with van der Waals surface area (Å²) in [5.74, 6) is 1.72. The molecule has 0 saturated heterocycles. The summed E-state index contributed by atoms with van der Waals surface area (Å²) in [6.45, 7) is 2.30. The second kappa shape index (κ2) is 7.63. The van der Waals surface area contributed by atoms with Crippen LogP contribution in [0.4, 0.5) is 0 Å². The Bertz CT molecular complexity index is 368. The van der Waals surface area contributed by atoms with Gasteiger partial charge in [-0.3, -0.25) is 0 Å². The largest absolute Gasteiger partial charge is 0.328 e. The molecule has 0 aromatic carbocycles. The maximum absolute atomic E-state index is 6.96. The molecule has 0 amide bonds. The summed E-state index contributed by atoms with van der Waals surface area (Å²) >= 11 is 0. The first-order valence-electron chi connectivity index (χ1n) is 10.8. The lowest BCUT2D eigenvalue weighted by Gasteiger charge is -2.57. The molecule has 24 heavy (non-hydrogen) atoms. The third kappa shape index (κ3) is 3.83. The number of hydrogen-bond donors (Lipinski definition) is 3. The topological polar surface area (TPSA) is 78.1 Å². The Morgan fingerprint density at radius 3 is 1.75 bits per heavy atom. The minimum absolute atomic E-state index is 0.0894. The minimum Gasteiger partial charge on any atom is -0.328 e. The SMILES string of the molecule is CCCC1(N)CCCC(C2CCC(N)CC2)(C2CCC(N)CC2)C1. The van der Waals surface area contributed by atoms with E-state index in [1.165, 1.54) is 89.9 Å². The van der Waals surface area contributed by atoms with Crippen LogP contribution in [-0.2, 0) is 0 Å². The standard InChI is InChI=1S/C21H41N3/c1-2-12-20(24)13-3-14-21(15-20,16-4-8-18(22)9-5-16)17-6-10-19(23)11-7-17/h16-19H,2-15,22-24H2,1H3. The second-order valence-electron chi connectivity index (χ2n) is 9.60. The molecule has 3 rings (SSSR count). The van der Waals surface area contributed by atoms with Gasteiger partial charge in [0.1, 0.15) is 0 Å². The van der Waals surface area contributed by atoms with Gasteiger partial charge in [0, 0.05) is 17.6 Å². The van der Waals surface area contributed by atoms with Crippen LogP contribution in [0.15, 0.2) is 0 Å². The van der Waals surface area contributed by atoms with Gasteiger partial charge < -0.3 is 17.2 Å². The van der Waals surface area contributed by atoms with Gasteiger partial charge in [-0.2, -0.15) is 0 Å². The Balaban J connectivity index is 1.83. The number of hydrogen-bond acceptors (Lipinski definition) is 3. The molecule has 3 saturated carbocycles. The Hall–Kier alpha value is -0.120. The third-order valence-corrected chi connectivity index (χ3v) is 7.92. The molecule has 1 atom stereocenters. The van der Waals surface area contributed by atoms with Gasteiger partial charge in [-0.15, -0.1) is 0 Å². The number of rotatable bonds is 4. The van der Waals surface area contributed by atoms with E-state index in [0.29, 0.717) is 17.5 Å². The van der Waals surface area contributed by atoms with E-state index < -0.39 is 0 Å². The molecule has 0 bridgehead atoms. The van der Waals surface area contributed by atoms with Crippen LogP contribution in [-0.4, -0.2) is 17.6 Å². The summed E-state index contributed by atoms with van der Waals surface area (Å²) in [4.78, 5) is 0. The zero-order chi connectivity index (χ0) is 17.2. The van der Waals surface area contributed by atoms with Crippen molar-refractivity contribution in [2.24, 2.45) is 34.5 Å². The average molecular weight is 336 g/mol. The van der Waals surface area contributed by atoms with Crippen molar-refractivity contribution in [2.45, 2.75) is 114 Å². The summed E-state index contributed by atoms with van der Waals surface area (Å²) in [7, 11) is 0. The van der Waals surface area contributed by atoms with E-state index in [2.05, 4.69) is 6.92 Å². The van der Waals surface area contributed by atoms with E-state index >= 15 is 0 Å². The molecule has 1 unspecified atom stereocenters. The number of nitrogens with two attached hydrogens (primary N) is 3. The lowest BCUT2D eigenvalue weighted by Crippen LogP contribution is -2.55. The first kappa shape index (κ1) is 18.7. The Labute approximate surface area is 149 Å². The Kier molecular flexibility index (Phi) is 5.94. The molecule has 0 aliphatic heterocycles. The second-order valence-corrected chi connectivity index (χ2v) is 9.60. The maximum atomic E-state index is 6.96. The molecule has 3 heteroatoms. The molecule has 6 N–H and O–H groups in total. The molecule has 0 aromatic heterocycles. The molecular formula is C21H41N3. The monoisotopic (exact) mass is 335 g/mol. The van der Waals surface area contributed by atoms with Gasteiger partial charge in [-0.05, 0) is 94.3 Å². The van der Waals surface area contributed by atoms with E-state index in [9.17, 15) is 0 Å². The van der Waals surface area contributed by atoms with Crippen LogP contribution in [0.25, 0.3) is 0 Å². The van der Waals surface area contributed by atoms with E-state index in [0.717, 1.165) is 11.8 Å². The molecule has 0 spiro atoms. The highest BCUT2D eigenvalue weighted by molar-refractivity contribution is 5.05. The van der Waals surface area contributed by atoms with Crippen molar-refractivity contribution in [3.05, 3.63) is 0 Å². The highest BCUT2D eigenvalue weighted by Crippen LogP contribution is 2.58. The Morgan fingerprint density at radius 1 is 0.792 bits per heavy atom. The Morgan fingerprint density at radius 2 is 1.29 bits per heavy atom. The molecular weight excluding hydrogens is 294 g/mol. The first-order chi connectivity index (χ1) is 11.5. The molecule has 3 aliphatic rings. The highest BCUT2D eigenvalue weighted by atomic mass is 14.8. The fraction of sp³-hybridized carbons (Fsp3) is 1.00. The van der Waals surface area contributed by atoms with Crippen LogP contribution in [0.5, 0.6) is 0 Å². The van der Waals surface area contributed by atoms with Crippen molar-refractivity contribution in [3.63, 3.8) is 0 Å². The fourth-order valence-electron chi connectivity index (χ4n) is 6.73. The lowest BCUT2D eigenvalue weighted by atomic mass is 9.50. The molecule has 140 valence electrons. The van der Waals surface area contributed by atoms with Gasteiger partial charge in [0.2, 0.25) is 0 Å². The van der Waals surface area contributed by atoms with Crippen LogP contribution in [0, 0.1) is 17.3 Å². The van der Waals surface area contributed by atoms with Gasteiger partial charge >= 0.3 is 0 Å². The minimum atomic E-state index is 0.0894. The summed E-state index contributed by atoms with van der Waals surface area (Å²) < 4.78 is 0. The average Bonchev–Trinajstić information content (AvgIpc) is 2.56. The molecule has 0 aromatic rings. The van der Waals surface area contributed by atoms with Gasteiger partial charge in [-0.25, -0.2) is 0 Å². The van der Waals surface area contributed by atoms with E-state index in [1.54, 1.807) is 0 Å². The maximum Gasteiger partial charge on any atom is 0.0159 e. The zero-order valence-electron chi connectivity index (χ0n) is 15.9. The smallest absolute Gasteiger partial charge is 0.0159 e. The van der Waals surface area contributed by atoms with Crippen molar-refractivity contribution < 1.29 is 0 Å². The third-order valence-electron chi connectivity index (χ3n) is 7.92. The highest BCUT2D eigenvalue weighted by Gasteiger charge is 2.51. The van der Waals surface area contributed by atoms with Crippen LogP contribution in [0.2, 0.25) is 0 Å². The lowest BCUT2D eigenvalue weighted by molar-refractivity contribution is -0.0434. The van der Waals surface area contributed by atoms with Gasteiger partial charge in [0.25, 0.3) is 0 Å². The predicted octanol–water partition coefficient (Wildman–Crippen LogP) is 4.08. The van der Waals surface area contributed by atoms with Crippen molar-refractivity contribution >= 4 is 0 Å². The summed E-state index contributed by atoms with van der Waals surface area (Å²) in [5, 5.41) is 0. The predicted molar refractivity (Wildman–Crippen MR) is 103 cm³/mol. The molecule has 3 nitrogen and oxygen atoms in total.